The summed E-state index contributed by atoms with van der Waals surface area (Å²) < 4.78 is 0. The van der Waals surface area contributed by atoms with Crippen molar-refractivity contribution in [3.63, 3.8) is 0 Å². The summed E-state index contributed by atoms with van der Waals surface area (Å²) in [5.41, 5.74) is 10.0. The van der Waals surface area contributed by atoms with Crippen molar-refractivity contribution in [1.29, 1.82) is 0 Å². The van der Waals surface area contributed by atoms with Gasteiger partial charge in [0.15, 0.2) is 0 Å². The molecule has 2 unspecified atom stereocenters. The zero-order chi connectivity index (χ0) is 9.02. The molecule has 0 aromatic heterocycles. The fraction of sp³-hybridized carbons (Fsp3) is 0.600. The maximum absolute atomic E-state index is 10.1. The van der Waals surface area contributed by atoms with Crippen LogP contribution in [0, 0.1) is 0 Å². The summed E-state index contributed by atoms with van der Waals surface area (Å²) in [4.78, 5) is 20.2. The van der Waals surface area contributed by atoms with Gasteiger partial charge in [0.1, 0.15) is 12.1 Å². The highest BCUT2D eigenvalue weighted by Gasteiger charge is 2.20. The van der Waals surface area contributed by atoms with Gasteiger partial charge in [0, 0.05) is 0 Å². The number of aliphatic carboxylic acids is 2. The highest BCUT2D eigenvalue weighted by molar-refractivity contribution is 5.77. The first kappa shape index (κ1) is 9.86. The quantitative estimate of drug-likeness (QED) is 0.386. The number of carbonyl (C=O) groups is 2. The number of carboxylic acids is 2. The molecule has 0 radical (unpaired) electrons. The minimum Gasteiger partial charge on any atom is -0.480 e. The van der Waals surface area contributed by atoms with Gasteiger partial charge in [0.25, 0.3) is 0 Å². The number of hydrogen-bond donors (Lipinski definition) is 4. The van der Waals surface area contributed by atoms with E-state index in [1.54, 1.807) is 0 Å². The van der Waals surface area contributed by atoms with Crippen LogP contribution in [0.1, 0.15) is 6.42 Å². The van der Waals surface area contributed by atoms with Crippen LogP contribution in [0.4, 0.5) is 0 Å². The van der Waals surface area contributed by atoms with Crippen LogP contribution in [0.5, 0.6) is 0 Å². The third-order valence-electron chi connectivity index (χ3n) is 1.14. The minimum atomic E-state index is -1.25. The second-order valence-corrected chi connectivity index (χ2v) is 2.13. The topological polar surface area (TPSA) is 127 Å². The monoisotopic (exact) mass is 162 g/mol. The number of rotatable bonds is 4. The van der Waals surface area contributed by atoms with Gasteiger partial charge in [-0.2, -0.15) is 0 Å². The van der Waals surface area contributed by atoms with Crippen LogP contribution in [0.2, 0.25) is 0 Å². The molecule has 0 fully saturated rings. The second-order valence-electron chi connectivity index (χ2n) is 2.13. The van der Waals surface area contributed by atoms with Crippen LogP contribution in [-0.2, 0) is 9.59 Å². The third-order valence-corrected chi connectivity index (χ3v) is 1.14. The third kappa shape index (κ3) is 3.54. The molecule has 64 valence electrons. The smallest absolute Gasteiger partial charge is 0.320 e. The standard InChI is InChI=1S/C5H10N2O4/c6-2(4(8)9)1-3(7)5(10)11/h2-3H,1,6-7H2,(H,8,9)(H,10,11). The zero-order valence-corrected chi connectivity index (χ0v) is 5.73. The summed E-state index contributed by atoms with van der Waals surface area (Å²) in [6.07, 6.45) is -0.259. The van der Waals surface area contributed by atoms with Crippen molar-refractivity contribution >= 4 is 11.9 Å². The van der Waals surface area contributed by atoms with E-state index in [2.05, 4.69) is 0 Å². The van der Waals surface area contributed by atoms with E-state index in [1.807, 2.05) is 0 Å². The van der Waals surface area contributed by atoms with Gasteiger partial charge in [0.2, 0.25) is 0 Å². The van der Waals surface area contributed by atoms with Gasteiger partial charge in [0.05, 0.1) is 0 Å². The maximum Gasteiger partial charge on any atom is 0.320 e. The molecule has 0 aromatic carbocycles. The van der Waals surface area contributed by atoms with Crippen molar-refractivity contribution in [3.8, 4) is 0 Å². The van der Waals surface area contributed by atoms with E-state index in [1.165, 1.54) is 0 Å². The molecule has 0 aliphatic rings. The van der Waals surface area contributed by atoms with E-state index in [-0.39, 0.29) is 6.42 Å². The van der Waals surface area contributed by atoms with Crippen molar-refractivity contribution in [2.24, 2.45) is 11.5 Å². The molecule has 0 heterocycles. The van der Waals surface area contributed by atoms with Gasteiger partial charge in [-0.15, -0.1) is 0 Å². The molecule has 0 bridgehead atoms. The first-order chi connectivity index (χ1) is 4.95. The van der Waals surface area contributed by atoms with Gasteiger partial charge < -0.3 is 21.7 Å². The molecule has 0 aliphatic carbocycles. The number of hydrogen-bond acceptors (Lipinski definition) is 4. The summed E-state index contributed by atoms with van der Waals surface area (Å²) in [5.74, 6) is -2.50. The fourth-order valence-electron chi connectivity index (χ4n) is 0.475. The average molecular weight is 162 g/mol. The summed E-state index contributed by atoms with van der Waals surface area (Å²) in [5, 5.41) is 16.5. The Labute approximate surface area is 62.8 Å². The van der Waals surface area contributed by atoms with Crippen LogP contribution >= 0.6 is 0 Å². The van der Waals surface area contributed by atoms with Crippen molar-refractivity contribution in [2.75, 3.05) is 0 Å². The Balaban J connectivity index is 3.84. The van der Waals surface area contributed by atoms with E-state index in [0.29, 0.717) is 0 Å². The van der Waals surface area contributed by atoms with Crippen LogP contribution in [-0.4, -0.2) is 34.2 Å². The maximum atomic E-state index is 10.1. The molecule has 0 saturated carbocycles. The number of nitrogens with two attached hydrogens (primary N) is 2. The minimum absolute atomic E-state index is 0.259. The lowest BCUT2D eigenvalue weighted by molar-refractivity contribution is -0.140. The molecule has 2 atom stereocenters. The zero-order valence-electron chi connectivity index (χ0n) is 5.73. The lowest BCUT2D eigenvalue weighted by atomic mass is 10.1. The first-order valence-electron chi connectivity index (χ1n) is 2.92. The SMILES string of the molecule is NC(CC(N)C(=O)O)C(=O)O. The summed E-state index contributed by atoms with van der Waals surface area (Å²) >= 11 is 0. The lowest BCUT2D eigenvalue weighted by Gasteiger charge is -2.08. The fourth-order valence-corrected chi connectivity index (χ4v) is 0.475. The highest BCUT2D eigenvalue weighted by Crippen LogP contribution is 1.93. The molecule has 6 N–H and O–H groups in total. The van der Waals surface area contributed by atoms with Crippen LogP contribution in [0.3, 0.4) is 0 Å². The van der Waals surface area contributed by atoms with Crippen molar-refractivity contribution in [2.45, 2.75) is 18.5 Å². The van der Waals surface area contributed by atoms with Gasteiger partial charge in [-0.1, -0.05) is 0 Å². The molecule has 0 spiro atoms. The Morgan fingerprint density at radius 1 is 1.09 bits per heavy atom. The molecular formula is C5H10N2O4. The average Bonchev–Trinajstić information content (AvgIpc) is 1.87. The molecule has 0 rings (SSSR count). The largest absolute Gasteiger partial charge is 0.480 e. The van der Waals surface area contributed by atoms with E-state index >= 15 is 0 Å². The lowest BCUT2D eigenvalue weighted by Crippen LogP contribution is -2.41. The van der Waals surface area contributed by atoms with E-state index in [9.17, 15) is 9.59 Å². The van der Waals surface area contributed by atoms with E-state index < -0.39 is 24.0 Å². The van der Waals surface area contributed by atoms with Gasteiger partial charge >= 0.3 is 11.9 Å². The predicted molar refractivity (Wildman–Crippen MR) is 35.8 cm³/mol. The number of carboxylic acid groups (broad SMARTS) is 2. The predicted octanol–water partition coefficient (Wildman–Crippen LogP) is -1.80. The van der Waals surface area contributed by atoms with E-state index in [0.717, 1.165) is 0 Å². The van der Waals surface area contributed by atoms with Crippen molar-refractivity contribution in [3.05, 3.63) is 0 Å². The normalized spacial score (nSPS) is 15.5. The summed E-state index contributed by atoms with van der Waals surface area (Å²) in [6, 6.07) is -2.41. The van der Waals surface area contributed by atoms with Crippen molar-refractivity contribution in [1.82, 2.24) is 0 Å². The molecule has 0 aromatic rings. The Bertz CT molecular complexity index is 152. The van der Waals surface area contributed by atoms with Gasteiger partial charge in [-0.3, -0.25) is 9.59 Å². The molecule has 0 saturated heterocycles. The molecule has 11 heavy (non-hydrogen) atoms. The van der Waals surface area contributed by atoms with Crippen molar-refractivity contribution < 1.29 is 19.8 Å². The van der Waals surface area contributed by atoms with Gasteiger partial charge in [-0.05, 0) is 6.42 Å². The highest BCUT2D eigenvalue weighted by atomic mass is 16.4. The second kappa shape index (κ2) is 3.89. The Morgan fingerprint density at radius 3 is 1.55 bits per heavy atom. The van der Waals surface area contributed by atoms with Gasteiger partial charge in [-0.25, -0.2) is 0 Å². The molecule has 6 heteroatoms. The molecular weight excluding hydrogens is 152 g/mol. The van der Waals surface area contributed by atoms with Crippen LogP contribution < -0.4 is 11.5 Å². The first-order valence-corrected chi connectivity index (χ1v) is 2.92. The Hall–Kier alpha value is -1.14. The Morgan fingerprint density at radius 2 is 1.36 bits per heavy atom. The van der Waals surface area contributed by atoms with Crippen LogP contribution in [0.15, 0.2) is 0 Å². The van der Waals surface area contributed by atoms with Crippen LogP contribution in [0.25, 0.3) is 0 Å². The molecule has 6 nitrogen and oxygen atoms in total. The molecule has 0 aliphatic heterocycles. The summed E-state index contributed by atoms with van der Waals surface area (Å²) in [6.45, 7) is 0. The molecule has 0 amide bonds. The van der Waals surface area contributed by atoms with E-state index in [4.69, 9.17) is 21.7 Å². The Kier molecular flexibility index (Phi) is 3.49. The summed E-state index contributed by atoms with van der Waals surface area (Å²) in [7, 11) is 0.